The Balaban J connectivity index is 1.77. The van der Waals surface area contributed by atoms with Gasteiger partial charge in [0.15, 0.2) is 0 Å². The van der Waals surface area contributed by atoms with E-state index in [0.717, 1.165) is 24.8 Å². The number of hydrogen-bond acceptors (Lipinski definition) is 4. The lowest BCUT2D eigenvalue weighted by Crippen LogP contribution is -2.12. The topological polar surface area (TPSA) is 48.4 Å². The molecule has 1 unspecified atom stereocenters. The van der Waals surface area contributed by atoms with Crippen molar-refractivity contribution in [2.45, 2.75) is 110 Å². The second-order valence-electron chi connectivity index (χ2n) is 9.21. The summed E-state index contributed by atoms with van der Waals surface area (Å²) in [5.41, 5.74) is 2.85. The van der Waals surface area contributed by atoms with Crippen LogP contribution in [0.1, 0.15) is 125 Å². The maximum atomic E-state index is 12.7. The smallest absolute Gasteiger partial charge is 0.340 e. The minimum absolute atomic E-state index is 0.255. The fourth-order valence-corrected chi connectivity index (χ4v) is 4.06. The number of aromatic nitrogens is 1. The van der Waals surface area contributed by atoms with Gasteiger partial charge in [-0.3, -0.25) is 0 Å². The normalized spacial score (nSPS) is 11.9. The lowest BCUT2D eigenvalue weighted by atomic mass is 10.0. The molecule has 34 heavy (non-hydrogen) atoms. The van der Waals surface area contributed by atoms with Crippen molar-refractivity contribution in [2.75, 3.05) is 6.61 Å². The maximum Gasteiger partial charge on any atom is 0.340 e. The summed E-state index contributed by atoms with van der Waals surface area (Å²) in [6.07, 6.45) is 17.0. The summed E-state index contributed by atoms with van der Waals surface area (Å²) in [7, 11) is 0. The Labute approximate surface area is 207 Å². The Kier molecular flexibility index (Phi) is 14.0. The first-order valence-corrected chi connectivity index (χ1v) is 13.6. The molecule has 2 rings (SSSR count). The van der Waals surface area contributed by atoms with Crippen LogP contribution >= 0.6 is 0 Å². The van der Waals surface area contributed by atoms with Crippen molar-refractivity contribution < 1.29 is 14.3 Å². The van der Waals surface area contributed by atoms with Crippen LogP contribution in [-0.2, 0) is 11.2 Å². The van der Waals surface area contributed by atoms with Gasteiger partial charge in [0.25, 0.3) is 0 Å². The molecule has 0 saturated heterocycles. The Morgan fingerprint density at radius 1 is 0.794 bits per heavy atom. The maximum absolute atomic E-state index is 12.7. The van der Waals surface area contributed by atoms with Gasteiger partial charge in [0.2, 0.25) is 5.88 Å². The molecule has 188 valence electrons. The molecule has 1 aromatic heterocycles. The standard InChI is InChI=1S/C30H45NO3/c1-4-7-9-11-12-13-14-16-25-17-19-26(20-18-25)28(6-3)34-30(32)27-21-22-29(31-24-27)33-23-15-10-8-5-2/h17-22,24,28H,4-16,23H2,1-3H3. The number of esters is 1. The molecule has 0 saturated carbocycles. The van der Waals surface area contributed by atoms with Crippen LogP contribution in [0.4, 0.5) is 0 Å². The molecule has 1 atom stereocenters. The quantitative estimate of drug-likeness (QED) is 0.163. The van der Waals surface area contributed by atoms with Gasteiger partial charge in [0.1, 0.15) is 6.10 Å². The van der Waals surface area contributed by atoms with E-state index in [1.165, 1.54) is 69.8 Å². The van der Waals surface area contributed by atoms with Crippen molar-refractivity contribution >= 4 is 5.97 Å². The van der Waals surface area contributed by atoms with Crippen LogP contribution in [0.2, 0.25) is 0 Å². The van der Waals surface area contributed by atoms with E-state index in [0.29, 0.717) is 18.1 Å². The van der Waals surface area contributed by atoms with Gasteiger partial charge in [0.05, 0.1) is 12.2 Å². The van der Waals surface area contributed by atoms with Crippen molar-refractivity contribution in [1.82, 2.24) is 4.98 Å². The molecule has 2 aromatic rings. The highest BCUT2D eigenvalue weighted by atomic mass is 16.5. The van der Waals surface area contributed by atoms with Crippen molar-refractivity contribution in [3.63, 3.8) is 0 Å². The first-order valence-electron chi connectivity index (χ1n) is 13.6. The van der Waals surface area contributed by atoms with Gasteiger partial charge >= 0.3 is 5.97 Å². The minimum atomic E-state index is -0.346. The molecule has 0 fully saturated rings. The highest BCUT2D eigenvalue weighted by Gasteiger charge is 2.17. The van der Waals surface area contributed by atoms with Crippen LogP contribution in [0, 0.1) is 0 Å². The summed E-state index contributed by atoms with van der Waals surface area (Å²) < 4.78 is 11.5. The molecule has 0 aliphatic rings. The van der Waals surface area contributed by atoms with Gasteiger partial charge in [-0.2, -0.15) is 0 Å². The second kappa shape index (κ2) is 17.1. The number of benzene rings is 1. The van der Waals surface area contributed by atoms with Crippen molar-refractivity contribution in [3.05, 3.63) is 59.3 Å². The number of carbonyl (C=O) groups is 1. The van der Waals surface area contributed by atoms with E-state index in [4.69, 9.17) is 9.47 Å². The van der Waals surface area contributed by atoms with Gasteiger partial charge in [-0.1, -0.05) is 103 Å². The monoisotopic (exact) mass is 467 g/mol. The second-order valence-corrected chi connectivity index (χ2v) is 9.21. The van der Waals surface area contributed by atoms with Crippen LogP contribution in [0.15, 0.2) is 42.6 Å². The molecule has 1 aromatic carbocycles. The molecule has 0 bridgehead atoms. The Bertz CT molecular complexity index is 786. The molecule has 0 aliphatic carbocycles. The van der Waals surface area contributed by atoms with Gasteiger partial charge in [-0.15, -0.1) is 0 Å². The third-order valence-electron chi connectivity index (χ3n) is 6.26. The summed E-state index contributed by atoms with van der Waals surface area (Å²) >= 11 is 0. The summed E-state index contributed by atoms with van der Waals surface area (Å²) in [5.74, 6) is 0.206. The van der Waals surface area contributed by atoms with E-state index in [1.807, 2.05) is 6.92 Å². The third kappa shape index (κ3) is 10.7. The molecule has 0 spiro atoms. The highest BCUT2D eigenvalue weighted by Crippen LogP contribution is 2.24. The number of ether oxygens (including phenoxy) is 2. The summed E-state index contributed by atoms with van der Waals surface area (Å²) in [4.78, 5) is 16.9. The molecule has 0 aliphatic heterocycles. The van der Waals surface area contributed by atoms with E-state index in [-0.39, 0.29) is 12.1 Å². The molecular formula is C30H45NO3. The Morgan fingerprint density at radius 3 is 2.06 bits per heavy atom. The summed E-state index contributed by atoms with van der Waals surface area (Å²) in [5, 5.41) is 0. The van der Waals surface area contributed by atoms with Crippen molar-refractivity contribution in [2.24, 2.45) is 0 Å². The molecule has 0 amide bonds. The average Bonchev–Trinajstić information content (AvgIpc) is 2.87. The van der Waals surface area contributed by atoms with Crippen LogP contribution in [0.5, 0.6) is 5.88 Å². The van der Waals surface area contributed by atoms with E-state index in [9.17, 15) is 4.79 Å². The van der Waals surface area contributed by atoms with Crippen molar-refractivity contribution in [3.8, 4) is 5.88 Å². The average molecular weight is 468 g/mol. The fraction of sp³-hybridized carbons (Fsp3) is 0.600. The lowest BCUT2D eigenvalue weighted by molar-refractivity contribution is 0.0287. The molecule has 4 heteroatoms. The zero-order valence-corrected chi connectivity index (χ0v) is 21.7. The van der Waals surface area contributed by atoms with E-state index < -0.39 is 0 Å². The van der Waals surface area contributed by atoms with E-state index >= 15 is 0 Å². The molecule has 4 nitrogen and oxygen atoms in total. The highest BCUT2D eigenvalue weighted by molar-refractivity contribution is 5.89. The molecule has 0 radical (unpaired) electrons. The van der Waals surface area contributed by atoms with Crippen LogP contribution in [-0.4, -0.2) is 17.6 Å². The summed E-state index contributed by atoms with van der Waals surface area (Å²) in [6.45, 7) is 7.15. The Hall–Kier alpha value is -2.36. The lowest BCUT2D eigenvalue weighted by Gasteiger charge is -2.17. The molecular weight excluding hydrogens is 422 g/mol. The zero-order valence-electron chi connectivity index (χ0n) is 21.7. The number of rotatable bonds is 18. The number of aryl methyl sites for hydroxylation is 1. The summed E-state index contributed by atoms with van der Waals surface area (Å²) in [6, 6.07) is 12.0. The van der Waals surface area contributed by atoms with Gasteiger partial charge in [-0.05, 0) is 42.9 Å². The largest absolute Gasteiger partial charge is 0.478 e. The number of nitrogens with zero attached hydrogens (tertiary/aromatic N) is 1. The van der Waals surface area contributed by atoms with Gasteiger partial charge in [-0.25, -0.2) is 9.78 Å². The van der Waals surface area contributed by atoms with E-state index in [2.05, 4.69) is 43.1 Å². The number of hydrogen-bond donors (Lipinski definition) is 0. The van der Waals surface area contributed by atoms with Crippen LogP contribution < -0.4 is 4.74 Å². The van der Waals surface area contributed by atoms with Gasteiger partial charge in [0, 0.05) is 12.3 Å². The predicted octanol–water partition coefficient (Wildman–Crippen LogP) is 8.64. The third-order valence-corrected chi connectivity index (χ3v) is 6.26. The number of carbonyl (C=O) groups excluding carboxylic acids is 1. The predicted molar refractivity (Wildman–Crippen MR) is 140 cm³/mol. The first-order chi connectivity index (χ1) is 16.7. The molecule has 0 N–H and O–H groups in total. The van der Waals surface area contributed by atoms with Crippen LogP contribution in [0.3, 0.4) is 0 Å². The van der Waals surface area contributed by atoms with E-state index in [1.54, 1.807) is 18.3 Å². The van der Waals surface area contributed by atoms with Crippen LogP contribution in [0.25, 0.3) is 0 Å². The Morgan fingerprint density at radius 2 is 1.44 bits per heavy atom. The minimum Gasteiger partial charge on any atom is -0.478 e. The van der Waals surface area contributed by atoms with Crippen molar-refractivity contribution in [1.29, 1.82) is 0 Å². The SMILES string of the molecule is CCCCCCCCCc1ccc(C(CC)OC(=O)c2ccc(OCCCCCC)nc2)cc1. The number of unbranched alkanes of at least 4 members (excludes halogenated alkanes) is 9. The zero-order chi connectivity index (χ0) is 24.4. The first kappa shape index (κ1) is 27.9. The molecule has 1 heterocycles. The number of pyridine rings is 1. The van der Waals surface area contributed by atoms with Gasteiger partial charge < -0.3 is 9.47 Å². The fourth-order valence-electron chi connectivity index (χ4n) is 4.06.